The Hall–Kier alpha value is -1.71. The molecule has 1 fully saturated rings. The average Bonchev–Trinajstić information content (AvgIpc) is 2.99. The number of carbonyl (C=O) groups excluding carboxylic acids is 1. The summed E-state index contributed by atoms with van der Waals surface area (Å²) in [7, 11) is 3.19. The second-order valence-electron chi connectivity index (χ2n) is 5.30. The molecule has 1 aliphatic rings. The molecular formula is C16H23NO3. The number of hydrogen-bond donors (Lipinski definition) is 1. The topological polar surface area (TPSA) is 47.6 Å². The maximum Gasteiger partial charge on any atom is 0.224 e. The predicted molar refractivity (Wildman–Crippen MR) is 79.4 cm³/mol. The molecule has 4 nitrogen and oxygen atoms in total. The second-order valence-corrected chi connectivity index (χ2v) is 5.30. The number of methoxy groups -OCH3 is 2. The fourth-order valence-electron chi connectivity index (χ4n) is 2.75. The Morgan fingerprint density at radius 1 is 1.25 bits per heavy atom. The molecule has 0 aliphatic heterocycles. The van der Waals surface area contributed by atoms with Crippen molar-refractivity contribution in [3.63, 3.8) is 0 Å². The maximum absolute atomic E-state index is 12.0. The van der Waals surface area contributed by atoms with Crippen LogP contribution in [0.4, 0.5) is 5.69 Å². The molecular weight excluding hydrogens is 254 g/mol. The van der Waals surface area contributed by atoms with Gasteiger partial charge in [0.05, 0.1) is 19.9 Å². The van der Waals surface area contributed by atoms with Gasteiger partial charge in [-0.3, -0.25) is 4.79 Å². The quantitative estimate of drug-likeness (QED) is 0.864. The van der Waals surface area contributed by atoms with E-state index in [0.29, 0.717) is 23.6 Å². The number of benzene rings is 1. The lowest BCUT2D eigenvalue weighted by atomic mass is 10.0. The largest absolute Gasteiger partial charge is 0.497 e. The third-order valence-corrected chi connectivity index (χ3v) is 3.94. The number of rotatable bonds is 6. The van der Waals surface area contributed by atoms with Gasteiger partial charge >= 0.3 is 0 Å². The minimum atomic E-state index is 0.0559. The van der Waals surface area contributed by atoms with Crippen LogP contribution in [0.2, 0.25) is 0 Å². The monoisotopic (exact) mass is 277 g/mol. The molecule has 0 spiro atoms. The minimum absolute atomic E-state index is 0.0559. The summed E-state index contributed by atoms with van der Waals surface area (Å²) in [5, 5.41) is 2.92. The van der Waals surface area contributed by atoms with Crippen molar-refractivity contribution in [3.8, 4) is 11.5 Å². The summed E-state index contributed by atoms with van der Waals surface area (Å²) in [6, 6.07) is 5.40. The van der Waals surface area contributed by atoms with Gasteiger partial charge in [-0.15, -0.1) is 0 Å². The van der Waals surface area contributed by atoms with Crippen molar-refractivity contribution in [1.82, 2.24) is 0 Å². The van der Waals surface area contributed by atoms with E-state index < -0.39 is 0 Å². The molecule has 1 N–H and O–H groups in total. The van der Waals surface area contributed by atoms with Crippen LogP contribution in [0, 0.1) is 5.92 Å². The van der Waals surface area contributed by atoms with Crippen molar-refractivity contribution in [1.29, 1.82) is 0 Å². The van der Waals surface area contributed by atoms with E-state index in [1.165, 1.54) is 25.7 Å². The SMILES string of the molecule is COc1ccc(NC(=O)CCC2CCCC2)c(OC)c1. The van der Waals surface area contributed by atoms with E-state index in [1.54, 1.807) is 20.3 Å². The number of nitrogens with one attached hydrogen (secondary N) is 1. The zero-order chi connectivity index (χ0) is 14.4. The van der Waals surface area contributed by atoms with Gasteiger partial charge < -0.3 is 14.8 Å². The summed E-state index contributed by atoms with van der Waals surface area (Å²) in [5.74, 6) is 2.13. The molecule has 0 aromatic heterocycles. The van der Waals surface area contributed by atoms with Crippen molar-refractivity contribution in [3.05, 3.63) is 18.2 Å². The minimum Gasteiger partial charge on any atom is -0.497 e. The lowest BCUT2D eigenvalue weighted by Crippen LogP contribution is -2.13. The van der Waals surface area contributed by atoms with E-state index in [0.717, 1.165) is 12.3 Å². The van der Waals surface area contributed by atoms with Gasteiger partial charge in [0.2, 0.25) is 5.91 Å². The fourth-order valence-corrected chi connectivity index (χ4v) is 2.75. The first-order valence-electron chi connectivity index (χ1n) is 7.25. The summed E-state index contributed by atoms with van der Waals surface area (Å²) >= 11 is 0. The molecule has 110 valence electrons. The van der Waals surface area contributed by atoms with Gasteiger partial charge in [0.1, 0.15) is 11.5 Å². The van der Waals surface area contributed by atoms with Crippen LogP contribution < -0.4 is 14.8 Å². The van der Waals surface area contributed by atoms with E-state index in [9.17, 15) is 4.79 Å². The molecule has 20 heavy (non-hydrogen) atoms. The van der Waals surface area contributed by atoms with E-state index in [2.05, 4.69) is 5.32 Å². The molecule has 0 heterocycles. The average molecular weight is 277 g/mol. The van der Waals surface area contributed by atoms with Gasteiger partial charge in [0, 0.05) is 12.5 Å². The predicted octanol–water partition coefficient (Wildman–Crippen LogP) is 3.61. The number of ether oxygens (including phenoxy) is 2. The van der Waals surface area contributed by atoms with Gasteiger partial charge in [-0.25, -0.2) is 0 Å². The summed E-state index contributed by atoms with van der Waals surface area (Å²) in [6.07, 6.45) is 6.76. The third kappa shape index (κ3) is 3.89. The van der Waals surface area contributed by atoms with Crippen LogP contribution >= 0.6 is 0 Å². The summed E-state index contributed by atoms with van der Waals surface area (Å²) in [5.41, 5.74) is 0.699. The molecule has 1 aromatic rings. The van der Waals surface area contributed by atoms with Gasteiger partial charge in [-0.2, -0.15) is 0 Å². The summed E-state index contributed by atoms with van der Waals surface area (Å²) in [4.78, 5) is 12.0. The number of amides is 1. The van der Waals surface area contributed by atoms with Crippen LogP contribution in [0.1, 0.15) is 38.5 Å². The van der Waals surface area contributed by atoms with Crippen LogP contribution in [0.5, 0.6) is 11.5 Å². The molecule has 1 aliphatic carbocycles. The van der Waals surface area contributed by atoms with Gasteiger partial charge in [-0.05, 0) is 24.5 Å². The number of anilines is 1. The fraction of sp³-hybridized carbons (Fsp3) is 0.562. The molecule has 1 amide bonds. The maximum atomic E-state index is 12.0. The highest BCUT2D eigenvalue weighted by Gasteiger charge is 2.16. The van der Waals surface area contributed by atoms with Crippen molar-refractivity contribution in [2.24, 2.45) is 5.92 Å². The van der Waals surface area contributed by atoms with Crippen LogP contribution in [0.25, 0.3) is 0 Å². The van der Waals surface area contributed by atoms with E-state index in [1.807, 2.05) is 12.1 Å². The van der Waals surface area contributed by atoms with E-state index in [4.69, 9.17) is 9.47 Å². The highest BCUT2D eigenvalue weighted by Crippen LogP contribution is 2.31. The van der Waals surface area contributed by atoms with Crippen LogP contribution in [0.3, 0.4) is 0 Å². The highest BCUT2D eigenvalue weighted by atomic mass is 16.5. The first-order chi connectivity index (χ1) is 9.72. The van der Waals surface area contributed by atoms with Crippen LogP contribution in [-0.2, 0) is 4.79 Å². The molecule has 1 aromatic carbocycles. The highest BCUT2D eigenvalue weighted by molar-refractivity contribution is 5.92. The smallest absolute Gasteiger partial charge is 0.224 e. The molecule has 0 saturated heterocycles. The lowest BCUT2D eigenvalue weighted by molar-refractivity contribution is -0.116. The van der Waals surface area contributed by atoms with E-state index >= 15 is 0 Å². The number of carbonyl (C=O) groups is 1. The summed E-state index contributed by atoms with van der Waals surface area (Å²) in [6.45, 7) is 0. The van der Waals surface area contributed by atoms with Gasteiger partial charge in [-0.1, -0.05) is 25.7 Å². The Bertz CT molecular complexity index is 453. The zero-order valence-electron chi connectivity index (χ0n) is 12.3. The van der Waals surface area contributed by atoms with Gasteiger partial charge in [0.25, 0.3) is 0 Å². The standard InChI is InChI=1S/C16H23NO3/c1-19-13-8-9-14(15(11-13)20-2)17-16(18)10-7-12-5-3-4-6-12/h8-9,11-12H,3-7,10H2,1-2H3,(H,17,18). The Morgan fingerprint density at radius 3 is 2.65 bits per heavy atom. The van der Waals surface area contributed by atoms with Crippen molar-refractivity contribution < 1.29 is 14.3 Å². The second kappa shape index (κ2) is 7.17. The van der Waals surface area contributed by atoms with Crippen LogP contribution in [0.15, 0.2) is 18.2 Å². The Balaban J connectivity index is 1.89. The zero-order valence-corrected chi connectivity index (χ0v) is 12.3. The molecule has 0 unspecified atom stereocenters. The van der Waals surface area contributed by atoms with Crippen LogP contribution in [-0.4, -0.2) is 20.1 Å². The normalized spacial score (nSPS) is 15.1. The molecule has 0 atom stereocenters. The molecule has 0 bridgehead atoms. The molecule has 1 saturated carbocycles. The van der Waals surface area contributed by atoms with Crippen molar-refractivity contribution >= 4 is 11.6 Å². The number of hydrogen-bond acceptors (Lipinski definition) is 3. The van der Waals surface area contributed by atoms with Crippen molar-refractivity contribution in [2.45, 2.75) is 38.5 Å². The molecule has 0 radical (unpaired) electrons. The molecule has 4 heteroatoms. The Morgan fingerprint density at radius 2 is 2.00 bits per heavy atom. The van der Waals surface area contributed by atoms with E-state index in [-0.39, 0.29) is 5.91 Å². The lowest BCUT2D eigenvalue weighted by Gasteiger charge is -2.12. The first kappa shape index (κ1) is 14.7. The van der Waals surface area contributed by atoms with Crippen molar-refractivity contribution in [2.75, 3.05) is 19.5 Å². The summed E-state index contributed by atoms with van der Waals surface area (Å²) < 4.78 is 10.4. The third-order valence-electron chi connectivity index (χ3n) is 3.94. The van der Waals surface area contributed by atoms with Gasteiger partial charge in [0.15, 0.2) is 0 Å². The molecule has 2 rings (SSSR count). The first-order valence-corrected chi connectivity index (χ1v) is 7.25. The Kier molecular flexibility index (Phi) is 5.27. The Labute approximate surface area is 120 Å².